The molecule has 0 amide bonds. The minimum Gasteiger partial charge on any atom is -0.457 e. The van der Waals surface area contributed by atoms with Crippen LogP contribution in [-0.4, -0.2) is 52.6 Å². The topological polar surface area (TPSA) is 107 Å². The Morgan fingerprint density at radius 2 is 1.68 bits per heavy atom. The lowest BCUT2D eigenvalue weighted by Gasteiger charge is -2.62. The molecule has 224 valence electrons. The number of esters is 2. The normalized spacial score (nSPS) is 43.8. The van der Waals surface area contributed by atoms with Crippen LogP contribution in [0.3, 0.4) is 0 Å². The van der Waals surface area contributed by atoms with Gasteiger partial charge in [0.05, 0.1) is 17.9 Å². The van der Waals surface area contributed by atoms with Crippen molar-refractivity contribution in [2.75, 3.05) is 6.61 Å². The molecule has 0 aromatic carbocycles. The van der Waals surface area contributed by atoms with Gasteiger partial charge in [-0.25, -0.2) is 4.39 Å². The van der Waals surface area contributed by atoms with Crippen LogP contribution in [0.5, 0.6) is 0 Å². The second-order valence-corrected chi connectivity index (χ2v) is 14.2. The first kappa shape index (κ1) is 28.8. The number of carbonyl (C=O) groups excluding carboxylic acids is 4. The summed E-state index contributed by atoms with van der Waals surface area (Å²) in [7, 11) is 0. The van der Waals surface area contributed by atoms with Crippen LogP contribution in [0.2, 0.25) is 0 Å². The molecule has 5 fully saturated rings. The van der Waals surface area contributed by atoms with Crippen molar-refractivity contribution in [2.24, 2.45) is 40.4 Å². The number of ether oxygens (including phenoxy) is 2. The minimum absolute atomic E-state index is 0.0834. The van der Waals surface area contributed by atoms with Crippen molar-refractivity contribution in [3.05, 3.63) is 23.8 Å². The average molecular weight is 571 g/mol. The smallest absolute Gasteiger partial charge is 0.309 e. The first-order valence-electron chi connectivity index (χ1n) is 15.6. The fraction of sp³-hybridized carbons (Fsp3) is 0.758. The number of aliphatic hydroxyl groups excluding tert-OH is 1. The van der Waals surface area contributed by atoms with E-state index in [-0.39, 0.29) is 30.0 Å². The molecular formula is C33H43FO7. The highest BCUT2D eigenvalue weighted by Crippen LogP contribution is 2.71. The van der Waals surface area contributed by atoms with E-state index < -0.39 is 64.4 Å². The number of carbonyl (C=O) groups is 4. The number of rotatable bonds is 6. The lowest BCUT2D eigenvalue weighted by molar-refractivity contribution is -0.229. The SMILES string of the molecule is C[C@@H]1C[C@H]2[C@@H]3CCC4=CC(=O)C=C[C@]4(C)C3(F)[C@@H](O)C[C@]2(C)[C@@]1(OC(=O)C1CC1)C(=O)COC(=O)C1CCCCC1. The third kappa shape index (κ3) is 4.05. The molecule has 0 bridgehead atoms. The molecule has 0 aromatic heterocycles. The van der Waals surface area contributed by atoms with Gasteiger partial charge >= 0.3 is 11.9 Å². The lowest BCUT2D eigenvalue weighted by atomic mass is 9.44. The number of hydrogen-bond donors (Lipinski definition) is 1. The quantitative estimate of drug-likeness (QED) is 0.449. The zero-order chi connectivity index (χ0) is 29.4. The molecule has 0 aromatic rings. The summed E-state index contributed by atoms with van der Waals surface area (Å²) in [6, 6.07) is 0. The van der Waals surface area contributed by atoms with E-state index in [1.165, 1.54) is 12.2 Å². The molecule has 7 nitrogen and oxygen atoms in total. The molecule has 6 rings (SSSR count). The van der Waals surface area contributed by atoms with Gasteiger partial charge in [0.1, 0.15) is 0 Å². The van der Waals surface area contributed by atoms with Crippen molar-refractivity contribution in [1.29, 1.82) is 0 Å². The molecule has 41 heavy (non-hydrogen) atoms. The van der Waals surface area contributed by atoms with E-state index in [9.17, 15) is 24.3 Å². The highest BCUT2D eigenvalue weighted by molar-refractivity contribution is 6.01. The molecule has 0 spiro atoms. The van der Waals surface area contributed by atoms with Crippen LogP contribution in [0, 0.1) is 40.4 Å². The Balaban J connectivity index is 1.35. The summed E-state index contributed by atoms with van der Waals surface area (Å²) < 4.78 is 29.5. The van der Waals surface area contributed by atoms with Crippen LogP contribution in [0.1, 0.15) is 91.4 Å². The fourth-order valence-electron chi connectivity index (χ4n) is 9.66. The van der Waals surface area contributed by atoms with Crippen molar-refractivity contribution < 1.29 is 38.1 Å². The van der Waals surface area contributed by atoms with Gasteiger partial charge in [0.2, 0.25) is 5.78 Å². The van der Waals surface area contributed by atoms with Gasteiger partial charge in [-0.05, 0) is 76.4 Å². The number of fused-ring (bicyclic) bond motifs is 5. The molecule has 0 aliphatic heterocycles. The predicted octanol–water partition coefficient (Wildman–Crippen LogP) is 4.99. The van der Waals surface area contributed by atoms with Gasteiger partial charge in [-0.1, -0.05) is 44.8 Å². The van der Waals surface area contributed by atoms with E-state index in [1.54, 1.807) is 13.0 Å². The Morgan fingerprint density at radius 1 is 1.00 bits per heavy atom. The molecule has 0 radical (unpaired) electrons. The average Bonchev–Trinajstić information content (AvgIpc) is 3.77. The van der Waals surface area contributed by atoms with Crippen LogP contribution >= 0.6 is 0 Å². The summed E-state index contributed by atoms with van der Waals surface area (Å²) in [5.74, 6) is -3.40. The zero-order valence-electron chi connectivity index (χ0n) is 24.5. The van der Waals surface area contributed by atoms with Crippen molar-refractivity contribution in [1.82, 2.24) is 0 Å². The highest BCUT2D eigenvalue weighted by atomic mass is 19.1. The van der Waals surface area contributed by atoms with Gasteiger partial charge in [-0.3, -0.25) is 19.2 Å². The third-order valence-electron chi connectivity index (χ3n) is 12.1. The Labute approximate surface area is 241 Å². The number of hydrogen-bond acceptors (Lipinski definition) is 7. The van der Waals surface area contributed by atoms with Crippen LogP contribution in [0.15, 0.2) is 23.8 Å². The summed E-state index contributed by atoms with van der Waals surface area (Å²) >= 11 is 0. The van der Waals surface area contributed by atoms with Crippen molar-refractivity contribution in [3.8, 4) is 0 Å². The van der Waals surface area contributed by atoms with Gasteiger partial charge in [0, 0.05) is 22.7 Å². The number of Topliss-reactive ketones (excluding diaryl/α,β-unsaturated/α-hetero) is 1. The zero-order valence-corrected chi connectivity index (χ0v) is 24.5. The van der Waals surface area contributed by atoms with Crippen LogP contribution < -0.4 is 0 Å². The van der Waals surface area contributed by atoms with E-state index in [2.05, 4.69) is 0 Å². The molecule has 1 unspecified atom stereocenters. The molecule has 0 saturated heterocycles. The van der Waals surface area contributed by atoms with E-state index in [0.29, 0.717) is 37.7 Å². The van der Waals surface area contributed by atoms with Gasteiger partial charge < -0.3 is 14.6 Å². The highest BCUT2D eigenvalue weighted by Gasteiger charge is 2.77. The van der Waals surface area contributed by atoms with Gasteiger partial charge in [0.25, 0.3) is 0 Å². The van der Waals surface area contributed by atoms with Crippen LogP contribution in [0.25, 0.3) is 0 Å². The van der Waals surface area contributed by atoms with Crippen LogP contribution in [-0.2, 0) is 28.7 Å². The molecule has 6 aliphatic rings. The van der Waals surface area contributed by atoms with Gasteiger partial charge in [-0.2, -0.15) is 0 Å². The molecule has 0 heterocycles. The maximum atomic E-state index is 17.6. The van der Waals surface area contributed by atoms with E-state index in [4.69, 9.17) is 9.47 Å². The van der Waals surface area contributed by atoms with Crippen molar-refractivity contribution in [3.63, 3.8) is 0 Å². The second kappa shape index (κ2) is 9.85. The molecule has 6 aliphatic carbocycles. The largest absolute Gasteiger partial charge is 0.457 e. The molecule has 1 N–H and O–H groups in total. The monoisotopic (exact) mass is 570 g/mol. The molecule has 5 saturated carbocycles. The minimum atomic E-state index is -2.05. The van der Waals surface area contributed by atoms with Crippen molar-refractivity contribution >= 4 is 23.5 Å². The molecular weight excluding hydrogens is 527 g/mol. The summed E-state index contributed by atoms with van der Waals surface area (Å²) in [4.78, 5) is 52.6. The molecule has 8 heteroatoms. The number of alkyl halides is 1. The lowest BCUT2D eigenvalue weighted by Crippen LogP contribution is -2.70. The maximum absolute atomic E-state index is 17.6. The van der Waals surface area contributed by atoms with Crippen LogP contribution in [0.4, 0.5) is 4.39 Å². The number of aliphatic hydroxyl groups is 1. The summed E-state index contributed by atoms with van der Waals surface area (Å²) in [6.45, 7) is 4.98. The van der Waals surface area contributed by atoms with E-state index in [1.807, 2.05) is 13.8 Å². The summed E-state index contributed by atoms with van der Waals surface area (Å²) in [6.07, 6.45) is 10.2. The Hall–Kier alpha value is -2.35. The first-order chi connectivity index (χ1) is 19.4. The van der Waals surface area contributed by atoms with Crippen molar-refractivity contribution in [2.45, 2.75) is 109 Å². The summed E-state index contributed by atoms with van der Waals surface area (Å²) in [5.41, 5.74) is -5.21. The standard InChI is InChI=1S/C33H43FO7/c1-19-15-25-24-12-11-22-16-23(35)13-14-30(22,2)32(24,34)26(36)17-31(25,3)33(19,41-29(39)21-9-10-21)27(37)18-40-28(38)20-7-5-4-6-8-20/h13-14,16,19-21,24-26,36H,4-12,15,17-18H2,1-3H3/t19-,24+,25+,26+,30+,31+,32?,33+/m1/s1. The first-order valence-corrected chi connectivity index (χ1v) is 15.6. The maximum Gasteiger partial charge on any atom is 0.309 e. The number of allylic oxidation sites excluding steroid dienone is 4. The Kier molecular flexibility index (Phi) is 6.91. The third-order valence-corrected chi connectivity index (χ3v) is 12.1. The number of halogens is 1. The Morgan fingerprint density at radius 3 is 2.37 bits per heavy atom. The van der Waals surface area contributed by atoms with E-state index in [0.717, 1.165) is 32.1 Å². The fourth-order valence-corrected chi connectivity index (χ4v) is 9.66. The molecule has 8 atom stereocenters. The predicted molar refractivity (Wildman–Crippen MR) is 147 cm³/mol. The second-order valence-electron chi connectivity index (χ2n) is 14.2. The van der Waals surface area contributed by atoms with Gasteiger partial charge in [-0.15, -0.1) is 0 Å². The Bertz CT molecular complexity index is 1210. The van der Waals surface area contributed by atoms with Gasteiger partial charge in [0.15, 0.2) is 23.7 Å². The summed E-state index contributed by atoms with van der Waals surface area (Å²) in [5, 5.41) is 11.7. The number of ketones is 2. The van der Waals surface area contributed by atoms with E-state index >= 15 is 4.39 Å².